The molecule has 1 saturated heterocycles. The van der Waals surface area contributed by atoms with Crippen molar-refractivity contribution in [1.82, 2.24) is 31.0 Å². The number of hydrogen-bond donors (Lipinski definition) is 3. The third-order valence-electron chi connectivity index (χ3n) is 7.21. The predicted molar refractivity (Wildman–Crippen MR) is 153 cm³/mol. The van der Waals surface area contributed by atoms with Crippen LogP contribution in [0.2, 0.25) is 0 Å². The molecule has 1 aliphatic rings. The fraction of sp³-hybridized carbons (Fsp3) is 0.500. The van der Waals surface area contributed by atoms with Gasteiger partial charge in [-0.1, -0.05) is 49.3 Å². The second kappa shape index (κ2) is 14.3. The molecule has 1 aliphatic heterocycles. The van der Waals surface area contributed by atoms with Gasteiger partial charge in [-0.05, 0) is 31.2 Å². The van der Waals surface area contributed by atoms with Crippen LogP contribution in [0.5, 0.6) is 0 Å². The number of amides is 2. The molecule has 0 bridgehead atoms. The molecule has 13 heteroatoms. The Morgan fingerprint density at radius 2 is 1.86 bits per heavy atom. The molecular weight excluding hydrogens is 556 g/mol. The van der Waals surface area contributed by atoms with E-state index < -0.39 is 41.2 Å². The molecule has 3 N–H and O–H groups in total. The largest absolute Gasteiger partial charge is 0.382 e. The highest BCUT2D eigenvalue weighted by molar-refractivity contribution is 5.99. The van der Waals surface area contributed by atoms with Crippen molar-refractivity contribution in [3.05, 3.63) is 65.6 Å². The zero-order valence-corrected chi connectivity index (χ0v) is 24.8. The van der Waals surface area contributed by atoms with Crippen molar-refractivity contribution < 1.29 is 33.2 Å². The van der Waals surface area contributed by atoms with E-state index in [4.69, 9.17) is 14.0 Å². The summed E-state index contributed by atoms with van der Waals surface area (Å²) in [4.78, 5) is 57.4. The van der Waals surface area contributed by atoms with Crippen molar-refractivity contribution in [2.45, 2.75) is 64.1 Å². The van der Waals surface area contributed by atoms with Crippen LogP contribution in [0, 0.1) is 11.8 Å². The summed E-state index contributed by atoms with van der Waals surface area (Å²) >= 11 is 0. The molecule has 0 spiro atoms. The lowest BCUT2D eigenvalue weighted by Gasteiger charge is -2.25. The van der Waals surface area contributed by atoms with E-state index in [0.29, 0.717) is 24.6 Å². The van der Waals surface area contributed by atoms with Gasteiger partial charge in [-0.25, -0.2) is 4.98 Å². The molecular formula is C30H38N6O7. The van der Waals surface area contributed by atoms with E-state index in [2.05, 4.69) is 31.0 Å². The lowest BCUT2D eigenvalue weighted by Crippen LogP contribution is -2.50. The molecule has 2 amide bonds. The number of nitrogens with one attached hydrogen (secondary N) is 3. The molecule has 3 heterocycles. The highest BCUT2D eigenvalue weighted by Gasteiger charge is 2.50. The van der Waals surface area contributed by atoms with Crippen LogP contribution in [0.4, 0.5) is 0 Å². The molecule has 4 rings (SSSR count). The second-order valence-corrected chi connectivity index (χ2v) is 11.4. The first-order valence-corrected chi connectivity index (χ1v) is 14.2. The smallest absolute Gasteiger partial charge is 0.274 e. The maximum atomic E-state index is 13.7. The summed E-state index contributed by atoms with van der Waals surface area (Å²) < 4.78 is 15.8. The number of aromatic nitrogens is 4. The number of methoxy groups -OCH3 is 1. The van der Waals surface area contributed by atoms with E-state index in [-0.39, 0.29) is 43.3 Å². The van der Waals surface area contributed by atoms with Crippen LogP contribution in [0.15, 0.2) is 47.2 Å². The van der Waals surface area contributed by atoms with Crippen LogP contribution >= 0.6 is 0 Å². The minimum atomic E-state index is -1.05. The van der Waals surface area contributed by atoms with Crippen molar-refractivity contribution in [3.63, 3.8) is 0 Å². The lowest BCUT2D eigenvalue weighted by atomic mass is 9.89. The summed E-state index contributed by atoms with van der Waals surface area (Å²) in [6.45, 7) is 5.85. The molecule has 0 saturated carbocycles. The zero-order valence-electron chi connectivity index (χ0n) is 24.8. The average molecular weight is 595 g/mol. The Labute approximate surface area is 249 Å². The molecule has 1 fully saturated rings. The standard InChI is InChI=1S/C30H38N6O7/c1-18(2)10-22(27(38)30(3)16-42-30)33-28(39)20(11-19-8-6-5-7-9-19)12-25(37)24(15-41-4)34-29(40)23-13-21(43-36-23)14-26-31-17-32-35-26/h5-9,13,17-18,20,22,24H,10-12,14-16H2,1-4H3,(H,33,39)(H,34,40)(H,31,32,35)/t20-,22+,24+,30-/m1/s1. The summed E-state index contributed by atoms with van der Waals surface area (Å²) in [6.07, 6.45) is 2.12. The van der Waals surface area contributed by atoms with Crippen molar-refractivity contribution in [2.24, 2.45) is 11.8 Å². The highest BCUT2D eigenvalue weighted by atomic mass is 16.6. The minimum Gasteiger partial charge on any atom is -0.382 e. The van der Waals surface area contributed by atoms with Crippen LogP contribution in [-0.2, 0) is 36.7 Å². The molecule has 1 aromatic carbocycles. The van der Waals surface area contributed by atoms with Crippen molar-refractivity contribution in [1.29, 1.82) is 0 Å². The van der Waals surface area contributed by atoms with Crippen LogP contribution in [0.3, 0.4) is 0 Å². The van der Waals surface area contributed by atoms with E-state index in [9.17, 15) is 19.2 Å². The molecule has 43 heavy (non-hydrogen) atoms. The van der Waals surface area contributed by atoms with Crippen molar-refractivity contribution in [2.75, 3.05) is 20.3 Å². The van der Waals surface area contributed by atoms with Crippen LogP contribution < -0.4 is 10.6 Å². The number of rotatable bonds is 17. The summed E-state index contributed by atoms with van der Waals surface area (Å²) in [6, 6.07) is 8.96. The summed E-state index contributed by atoms with van der Waals surface area (Å²) in [5, 5.41) is 15.8. The topological polar surface area (TPSA) is 182 Å². The van der Waals surface area contributed by atoms with Crippen LogP contribution in [-0.4, -0.2) is 81.7 Å². The fourth-order valence-electron chi connectivity index (χ4n) is 4.75. The number of carbonyl (C=O) groups is 4. The van der Waals surface area contributed by atoms with E-state index in [1.54, 1.807) is 6.92 Å². The first-order valence-electron chi connectivity index (χ1n) is 14.2. The Hall–Kier alpha value is -4.23. The summed E-state index contributed by atoms with van der Waals surface area (Å²) in [5.41, 5.74) is -0.0666. The molecule has 0 aliphatic carbocycles. The fourth-order valence-corrected chi connectivity index (χ4v) is 4.75. The Morgan fingerprint density at radius 3 is 2.49 bits per heavy atom. The van der Waals surface area contributed by atoms with Crippen molar-refractivity contribution >= 4 is 23.4 Å². The van der Waals surface area contributed by atoms with Gasteiger partial charge in [-0.3, -0.25) is 24.3 Å². The molecule has 0 unspecified atom stereocenters. The number of nitrogens with zero attached hydrogens (tertiary/aromatic N) is 3. The molecule has 0 radical (unpaired) electrons. The van der Waals surface area contributed by atoms with Gasteiger partial charge < -0.3 is 24.6 Å². The van der Waals surface area contributed by atoms with Gasteiger partial charge in [0.25, 0.3) is 5.91 Å². The molecule has 13 nitrogen and oxygen atoms in total. The lowest BCUT2D eigenvalue weighted by molar-refractivity contribution is -0.134. The second-order valence-electron chi connectivity index (χ2n) is 11.4. The Balaban J connectivity index is 1.47. The van der Waals surface area contributed by atoms with E-state index in [0.717, 1.165) is 5.56 Å². The Bertz CT molecular complexity index is 1380. The maximum absolute atomic E-state index is 13.7. The number of benzene rings is 1. The third-order valence-corrected chi connectivity index (χ3v) is 7.21. The summed E-state index contributed by atoms with van der Waals surface area (Å²) in [5.74, 6) is -1.38. The first-order chi connectivity index (χ1) is 20.6. The average Bonchev–Trinajstić information content (AvgIpc) is 3.33. The Kier molecular flexibility index (Phi) is 10.5. The normalized spacial score (nSPS) is 18.1. The number of Topliss-reactive ketones (excluding diaryl/α,β-unsaturated/α-hetero) is 2. The van der Waals surface area contributed by atoms with E-state index >= 15 is 0 Å². The SMILES string of the molecule is COC[C@H](NC(=O)c1cc(Cc2ncn[nH]2)on1)C(=O)C[C@@H](Cc1ccccc1)C(=O)N[C@@H](CC(C)C)C(=O)[C@@]1(C)CO1. The quantitative estimate of drug-likeness (QED) is 0.195. The van der Waals surface area contributed by atoms with Gasteiger partial charge in [0.15, 0.2) is 17.3 Å². The van der Waals surface area contributed by atoms with Gasteiger partial charge in [-0.2, -0.15) is 5.10 Å². The third kappa shape index (κ3) is 8.88. The molecule has 230 valence electrons. The number of ketones is 2. The van der Waals surface area contributed by atoms with Gasteiger partial charge in [0.05, 0.1) is 25.7 Å². The summed E-state index contributed by atoms with van der Waals surface area (Å²) in [7, 11) is 1.41. The van der Waals surface area contributed by atoms with E-state index in [1.807, 2.05) is 44.2 Å². The van der Waals surface area contributed by atoms with Crippen LogP contribution in [0.25, 0.3) is 0 Å². The molecule has 2 aromatic heterocycles. The number of ether oxygens (including phenoxy) is 2. The van der Waals surface area contributed by atoms with Crippen molar-refractivity contribution in [3.8, 4) is 0 Å². The minimum absolute atomic E-state index is 0.0205. The Morgan fingerprint density at radius 1 is 1.12 bits per heavy atom. The predicted octanol–water partition coefficient (Wildman–Crippen LogP) is 1.84. The number of H-pyrrole nitrogens is 1. The first kappa shape index (κ1) is 31.7. The number of aromatic amines is 1. The molecule has 4 atom stereocenters. The van der Waals surface area contributed by atoms with Crippen LogP contribution in [0.1, 0.15) is 61.2 Å². The van der Waals surface area contributed by atoms with E-state index in [1.165, 1.54) is 19.5 Å². The highest BCUT2D eigenvalue weighted by Crippen LogP contribution is 2.30. The number of carbonyl (C=O) groups excluding carboxylic acids is 4. The zero-order chi connectivity index (χ0) is 31.0. The van der Waals surface area contributed by atoms with Gasteiger partial charge in [-0.15, -0.1) is 0 Å². The molecule has 3 aromatic rings. The van der Waals surface area contributed by atoms with Gasteiger partial charge >= 0.3 is 0 Å². The number of epoxide rings is 1. The van der Waals surface area contributed by atoms with Gasteiger partial charge in [0.1, 0.15) is 29.6 Å². The van der Waals surface area contributed by atoms with Gasteiger partial charge in [0, 0.05) is 25.5 Å². The monoisotopic (exact) mass is 594 g/mol. The number of hydrogen-bond acceptors (Lipinski definition) is 10. The van der Waals surface area contributed by atoms with Gasteiger partial charge in [0.2, 0.25) is 5.91 Å². The maximum Gasteiger partial charge on any atom is 0.274 e.